The highest BCUT2D eigenvalue weighted by Gasteiger charge is 2.48. The third-order valence-corrected chi connectivity index (χ3v) is 6.47. The van der Waals surface area contributed by atoms with Crippen LogP contribution in [-0.4, -0.2) is 33.3 Å². The van der Waals surface area contributed by atoms with E-state index in [0.29, 0.717) is 40.7 Å². The first-order valence-corrected chi connectivity index (χ1v) is 9.23. The standard InChI is InChI=1S/C20H27NO4/c1-23-16-10-18(25-3)17(24-2)9-15(16)20(22)21-19-13-5-11-4-12(7-13)8-14(19)6-11/h9-14,19H,4-8H2,1-3H3,(H,21,22). The zero-order valence-corrected chi connectivity index (χ0v) is 15.2. The highest BCUT2D eigenvalue weighted by molar-refractivity contribution is 5.98. The number of benzene rings is 1. The van der Waals surface area contributed by atoms with E-state index in [2.05, 4.69) is 5.32 Å². The Balaban J connectivity index is 1.57. The van der Waals surface area contributed by atoms with Crippen LogP contribution in [0.15, 0.2) is 12.1 Å². The number of rotatable bonds is 5. The molecule has 0 atom stereocenters. The molecule has 4 aliphatic rings. The van der Waals surface area contributed by atoms with Crippen molar-refractivity contribution in [3.63, 3.8) is 0 Å². The molecule has 25 heavy (non-hydrogen) atoms. The second-order valence-electron chi connectivity index (χ2n) is 7.84. The van der Waals surface area contributed by atoms with Gasteiger partial charge in [-0.2, -0.15) is 0 Å². The molecule has 0 unspecified atom stereocenters. The summed E-state index contributed by atoms with van der Waals surface area (Å²) >= 11 is 0. The first kappa shape index (κ1) is 16.6. The van der Waals surface area contributed by atoms with E-state index in [1.807, 2.05) is 0 Å². The molecule has 4 bridgehead atoms. The molecule has 1 aromatic carbocycles. The van der Waals surface area contributed by atoms with Crippen molar-refractivity contribution in [3.8, 4) is 17.2 Å². The Morgan fingerprint density at radius 1 is 0.840 bits per heavy atom. The SMILES string of the molecule is COc1cc(OC)c(C(=O)NC2C3CC4CC(C3)CC2C4)cc1OC. The van der Waals surface area contributed by atoms with Crippen LogP contribution < -0.4 is 19.5 Å². The van der Waals surface area contributed by atoms with Crippen LogP contribution in [-0.2, 0) is 0 Å². The summed E-state index contributed by atoms with van der Waals surface area (Å²) in [5.74, 6) is 4.62. The number of carbonyl (C=O) groups excluding carboxylic acids is 1. The number of carbonyl (C=O) groups is 1. The van der Waals surface area contributed by atoms with Gasteiger partial charge in [0, 0.05) is 18.2 Å². The molecule has 0 aliphatic heterocycles. The van der Waals surface area contributed by atoms with Gasteiger partial charge in [-0.3, -0.25) is 4.79 Å². The molecule has 4 saturated carbocycles. The van der Waals surface area contributed by atoms with E-state index in [1.165, 1.54) is 32.1 Å². The first-order valence-electron chi connectivity index (χ1n) is 9.23. The Hall–Kier alpha value is -1.91. The quantitative estimate of drug-likeness (QED) is 0.890. The molecule has 5 nitrogen and oxygen atoms in total. The lowest BCUT2D eigenvalue weighted by atomic mass is 9.54. The molecule has 1 aromatic rings. The summed E-state index contributed by atoms with van der Waals surface area (Å²) in [6.45, 7) is 0. The van der Waals surface area contributed by atoms with Gasteiger partial charge in [-0.25, -0.2) is 0 Å². The fourth-order valence-electron chi connectivity index (χ4n) is 5.60. The second kappa shape index (κ2) is 6.43. The molecule has 4 fully saturated rings. The maximum Gasteiger partial charge on any atom is 0.255 e. The van der Waals surface area contributed by atoms with E-state index >= 15 is 0 Å². The average molecular weight is 345 g/mol. The van der Waals surface area contributed by atoms with Gasteiger partial charge in [-0.05, 0) is 55.8 Å². The maximum atomic E-state index is 13.0. The molecule has 136 valence electrons. The lowest BCUT2D eigenvalue weighted by molar-refractivity contribution is -0.0119. The zero-order chi connectivity index (χ0) is 17.6. The van der Waals surface area contributed by atoms with E-state index in [-0.39, 0.29) is 5.91 Å². The Morgan fingerprint density at radius 3 is 1.88 bits per heavy atom. The topological polar surface area (TPSA) is 56.8 Å². The second-order valence-corrected chi connectivity index (χ2v) is 7.84. The number of nitrogens with one attached hydrogen (secondary N) is 1. The normalized spacial score (nSPS) is 32.4. The Labute approximate surface area is 149 Å². The molecule has 1 N–H and O–H groups in total. The predicted octanol–water partition coefficient (Wildman–Crippen LogP) is 3.27. The monoisotopic (exact) mass is 345 g/mol. The van der Waals surface area contributed by atoms with Gasteiger partial charge in [0.25, 0.3) is 5.91 Å². The lowest BCUT2D eigenvalue weighted by Crippen LogP contribution is -2.55. The molecule has 5 heteroatoms. The van der Waals surface area contributed by atoms with Crippen molar-refractivity contribution >= 4 is 5.91 Å². The number of amides is 1. The summed E-state index contributed by atoms with van der Waals surface area (Å²) in [7, 11) is 4.72. The summed E-state index contributed by atoms with van der Waals surface area (Å²) in [4.78, 5) is 13.0. The highest BCUT2D eigenvalue weighted by Crippen LogP contribution is 2.53. The van der Waals surface area contributed by atoms with Crippen molar-refractivity contribution in [3.05, 3.63) is 17.7 Å². The van der Waals surface area contributed by atoms with Crippen LogP contribution in [0.25, 0.3) is 0 Å². The van der Waals surface area contributed by atoms with Crippen LogP contribution in [0.5, 0.6) is 17.2 Å². The van der Waals surface area contributed by atoms with Gasteiger partial charge in [0.1, 0.15) is 5.75 Å². The first-order chi connectivity index (χ1) is 12.1. The van der Waals surface area contributed by atoms with Crippen LogP contribution >= 0.6 is 0 Å². The predicted molar refractivity (Wildman–Crippen MR) is 94.4 cm³/mol. The van der Waals surface area contributed by atoms with Crippen LogP contribution in [0.2, 0.25) is 0 Å². The molecule has 1 amide bonds. The minimum atomic E-state index is -0.0738. The molecule has 0 radical (unpaired) electrons. The number of ether oxygens (including phenoxy) is 3. The molecular weight excluding hydrogens is 318 g/mol. The van der Waals surface area contributed by atoms with Gasteiger partial charge in [0.2, 0.25) is 0 Å². The minimum Gasteiger partial charge on any atom is -0.496 e. The highest BCUT2D eigenvalue weighted by atomic mass is 16.5. The number of methoxy groups -OCH3 is 3. The van der Waals surface area contributed by atoms with Gasteiger partial charge < -0.3 is 19.5 Å². The van der Waals surface area contributed by atoms with Crippen molar-refractivity contribution in [2.75, 3.05) is 21.3 Å². The molecule has 4 aliphatic carbocycles. The van der Waals surface area contributed by atoms with E-state index < -0.39 is 0 Å². The van der Waals surface area contributed by atoms with E-state index in [1.54, 1.807) is 33.5 Å². The number of hydrogen-bond donors (Lipinski definition) is 1. The molecule has 0 aromatic heterocycles. The number of hydrogen-bond acceptors (Lipinski definition) is 4. The molecule has 0 heterocycles. The summed E-state index contributed by atoms with van der Waals surface area (Å²) < 4.78 is 16.1. The largest absolute Gasteiger partial charge is 0.496 e. The summed E-state index contributed by atoms with van der Waals surface area (Å²) in [6.07, 6.45) is 6.53. The summed E-state index contributed by atoms with van der Waals surface area (Å²) in [5, 5.41) is 3.33. The van der Waals surface area contributed by atoms with Crippen molar-refractivity contribution in [1.82, 2.24) is 5.32 Å². The van der Waals surface area contributed by atoms with Gasteiger partial charge in [0.15, 0.2) is 11.5 Å². The molecule has 0 saturated heterocycles. The zero-order valence-electron chi connectivity index (χ0n) is 15.2. The third kappa shape index (κ3) is 2.83. The van der Waals surface area contributed by atoms with Crippen LogP contribution in [0.1, 0.15) is 42.5 Å². The van der Waals surface area contributed by atoms with E-state index in [4.69, 9.17) is 14.2 Å². The van der Waals surface area contributed by atoms with Crippen LogP contribution in [0, 0.1) is 23.7 Å². The minimum absolute atomic E-state index is 0.0738. The van der Waals surface area contributed by atoms with Crippen molar-refractivity contribution < 1.29 is 19.0 Å². The van der Waals surface area contributed by atoms with Gasteiger partial charge >= 0.3 is 0 Å². The molecule has 5 rings (SSSR count). The average Bonchev–Trinajstić information content (AvgIpc) is 2.62. The van der Waals surface area contributed by atoms with Gasteiger partial charge in [-0.15, -0.1) is 0 Å². The third-order valence-electron chi connectivity index (χ3n) is 6.47. The van der Waals surface area contributed by atoms with Crippen molar-refractivity contribution in [1.29, 1.82) is 0 Å². The van der Waals surface area contributed by atoms with Crippen molar-refractivity contribution in [2.24, 2.45) is 23.7 Å². The van der Waals surface area contributed by atoms with Gasteiger partial charge in [0.05, 0.1) is 26.9 Å². The van der Waals surface area contributed by atoms with E-state index in [9.17, 15) is 4.79 Å². The van der Waals surface area contributed by atoms with Crippen molar-refractivity contribution in [2.45, 2.75) is 38.1 Å². The smallest absolute Gasteiger partial charge is 0.255 e. The summed E-state index contributed by atoms with van der Waals surface area (Å²) in [5.41, 5.74) is 0.508. The Kier molecular flexibility index (Phi) is 4.26. The fraction of sp³-hybridized carbons (Fsp3) is 0.650. The van der Waals surface area contributed by atoms with Gasteiger partial charge in [-0.1, -0.05) is 0 Å². The Bertz CT molecular complexity index is 644. The summed E-state index contributed by atoms with van der Waals surface area (Å²) in [6, 6.07) is 3.73. The Morgan fingerprint density at radius 2 is 1.36 bits per heavy atom. The lowest BCUT2D eigenvalue weighted by Gasteiger charge is -2.54. The molecule has 0 spiro atoms. The maximum absolute atomic E-state index is 13.0. The molecular formula is C20H27NO4. The van der Waals surface area contributed by atoms with Crippen LogP contribution in [0.4, 0.5) is 0 Å². The fourth-order valence-corrected chi connectivity index (χ4v) is 5.60. The van der Waals surface area contributed by atoms with E-state index in [0.717, 1.165) is 11.8 Å². The van der Waals surface area contributed by atoms with Crippen LogP contribution in [0.3, 0.4) is 0 Å².